The van der Waals surface area contributed by atoms with Gasteiger partial charge in [0.1, 0.15) is 0 Å². The highest BCUT2D eigenvalue weighted by Gasteiger charge is 2.13. The zero-order valence-corrected chi connectivity index (χ0v) is 8.28. The number of hydrogen-bond donors (Lipinski definition) is 0. The fourth-order valence-corrected chi connectivity index (χ4v) is 1.36. The van der Waals surface area contributed by atoms with Gasteiger partial charge in [0.2, 0.25) is 0 Å². The molecule has 0 aromatic carbocycles. The van der Waals surface area contributed by atoms with Crippen LogP contribution in [0.3, 0.4) is 0 Å². The molecular weight excluding hydrogens is 160 g/mol. The first kappa shape index (κ1) is 8.30. The molecule has 0 saturated carbocycles. The minimum Gasteiger partial charge on any atom is -0.306 e. The maximum absolute atomic E-state index is 4.09. The molecule has 13 heavy (non-hydrogen) atoms. The van der Waals surface area contributed by atoms with Crippen LogP contribution in [0.2, 0.25) is 0 Å². The number of imidazole rings is 1. The van der Waals surface area contributed by atoms with Crippen LogP contribution in [0.15, 0.2) is 30.9 Å². The summed E-state index contributed by atoms with van der Waals surface area (Å²) in [6.45, 7) is 6.64. The summed E-state index contributed by atoms with van der Waals surface area (Å²) in [6, 6.07) is 4.27. The summed E-state index contributed by atoms with van der Waals surface area (Å²) in [5, 5.41) is 0. The Hall–Kier alpha value is -1.31. The van der Waals surface area contributed by atoms with E-state index in [-0.39, 0.29) is 5.41 Å². The van der Waals surface area contributed by atoms with Gasteiger partial charge in [-0.25, -0.2) is 4.98 Å². The lowest BCUT2D eigenvalue weighted by Gasteiger charge is -2.18. The molecule has 0 atom stereocenters. The monoisotopic (exact) mass is 174 g/mol. The topological polar surface area (TPSA) is 17.3 Å². The highest BCUT2D eigenvalue weighted by atomic mass is 15.0. The van der Waals surface area contributed by atoms with Crippen LogP contribution in [-0.4, -0.2) is 9.38 Å². The second-order valence-electron chi connectivity index (χ2n) is 4.39. The van der Waals surface area contributed by atoms with Crippen molar-refractivity contribution in [3.8, 4) is 0 Å². The molecule has 2 rings (SSSR count). The number of hydrogen-bond acceptors (Lipinski definition) is 1. The smallest absolute Gasteiger partial charge is 0.0992 e. The molecule has 2 aromatic rings. The summed E-state index contributed by atoms with van der Waals surface area (Å²) in [4.78, 5) is 4.09. The standard InChI is InChI=1S/C11H14N2/c1-11(2,3)9-4-5-10-6-12-8-13(10)7-9/h4-8H,1-3H3. The molecule has 0 aliphatic heterocycles. The van der Waals surface area contributed by atoms with Gasteiger partial charge in [-0.2, -0.15) is 0 Å². The number of aromatic nitrogens is 2. The van der Waals surface area contributed by atoms with E-state index in [4.69, 9.17) is 0 Å². The Morgan fingerprint density at radius 2 is 2.00 bits per heavy atom. The molecule has 2 heterocycles. The van der Waals surface area contributed by atoms with Crippen LogP contribution >= 0.6 is 0 Å². The van der Waals surface area contributed by atoms with Gasteiger partial charge in [-0.3, -0.25) is 0 Å². The van der Waals surface area contributed by atoms with Gasteiger partial charge < -0.3 is 4.40 Å². The van der Waals surface area contributed by atoms with Crippen LogP contribution in [0.5, 0.6) is 0 Å². The summed E-state index contributed by atoms with van der Waals surface area (Å²) in [7, 11) is 0. The fraction of sp³-hybridized carbons (Fsp3) is 0.364. The summed E-state index contributed by atoms with van der Waals surface area (Å²) >= 11 is 0. The van der Waals surface area contributed by atoms with Gasteiger partial charge in [0, 0.05) is 6.20 Å². The van der Waals surface area contributed by atoms with Crippen molar-refractivity contribution in [2.75, 3.05) is 0 Å². The maximum atomic E-state index is 4.09. The van der Waals surface area contributed by atoms with E-state index < -0.39 is 0 Å². The van der Waals surface area contributed by atoms with Crippen LogP contribution in [0.4, 0.5) is 0 Å². The Kier molecular flexibility index (Phi) is 1.65. The van der Waals surface area contributed by atoms with Crippen molar-refractivity contribution in [1.29, 1.82) is 0 Å². The van der Waals surface area contributed by atoms with E-state index in [0.29, 0.717) is 0 Å². The van der Waals surface area contributed by atoms with Crippen LogP contribution in [0.1, 0.15) is 26.3 Å². The van der Waals surface area contributed by atoms with E-state index in [1.165, 1.54) is 5.56 Å². The van der Waals surface area contributed by atoms with E-state index in [9.17, 15) is 0 Å². The second-order valence-corrected chi connectivity index (χ2v) is 4.39. The van der Waals surface area contributed by atoms with Gasteiger partial charge in [0.15, 0.2) is 0 Å². The Morgan fingerprint density at radius 1 is 1.23 bits per heavy atom. The van der Waals surface area contributed by atoms with Crippen molar-refractivity contribution < 1.29 is 0 Å². The second kappa shape index (κ2) is 2.59. The molecule has 0 amide bonds. The molecule has 0 aliphatic rings. The summed E-state index contributed by atoms with van der Waals surface area (Å²) in [5.41, 5.74) is 2.68. The SMILES string of the molecule is CC(C)(C)c1ccc2cncn2c1. The predicted molar refractivity (Wildman–Crippen MR) is 53.9 cm³/mol. The lowest BCUT2D eigenvalue weighted by atomic mass is 9.88. The first-order valence-electron chi connectivity index (χ1n) is 4.49. The van der Waals surface area contributed by atoms with Crippen LogP contribution in [-0.2, 0) is 5.41 Å². The Morgan fingerprint density at radius 3 is 2.69 bits per heavy atom. The average Bonchev–Trinajstić information content (AvgIpc) is 2.47. The van der Waals surface area contributed by atoms with Crippen molar-refractivity contribution in [1.82, 2.24) is 9.38 Å². The number of nitrogens with zero attached hydrogens (tertiary/aromatic N) is 2. The molecule has 0 saturated heterocycles. The van der Waals surface area contributed by atoms with E-state index in [0.717, 1.165) is 5.52 Å². The molecule has 68 valence electrons. The molecule has 0 bridgehead atoms. The third-order valence-electron chi connectivity index (χ3n) is 2.27. The normalized spacial score (nSPS) is 12.2. The molecule has 0 spiro atoms. The molecule has 2 aromatic heterocycles. The van der Waals surface area contributed by atoms with Crippen molar-refractivity contribution in [3.05, 3.63) is 36.4 Å². The maximum Gasteiger partial charge on any atom is 0.0992 e. The quantitative estimate of drug-likeness (QED) is 0.600. The van der Waals surface area contributed by atoms with Gasteiger partial charge in [0.05, 0.1) is 18.0 Å². The summed E-state index contributed by atoms with van der Waals surface area (Å²) in [5.74, 6) is 0. The van der Waals surface area contributed by atoms with Crippen LogP contribution < -0.4 is 0 Å². The summed E-state index contributed by atoms with van der Waals surface area (Å²) in [6.07, 6.45) is 5.85. The van der Waals surface area contributed by atoms with Crippen LogP contribution in [0.25, 0.3) is 5.52 Å². The van der Waals surface area contributed by atoms with E-state index >= 15 is 0 Å². The lowest BCUT2D eigenvalue weighted by Crippen LogP contribution is -2.11. The number of pyridine rings is 1. The molecule has 2 nitrogen and oxygen atoms in total. The number of fused-ring (bicyclic) bond motifs is 1. The molecule has 0 fully saturated rings. The fourth-order valence-electron chi connectivity index (χ4n) is 1.36. The van der Waals surface area contributed by atoms with Gasteiger partial charge >= 0.3 is 0 Å². The minimum atomic E-state index is 0.207. The molecule has 0 aliphatic carbocycles. The Labute approximate surface area is 78.2 Å². The minimum absolute atomic E-state index is 0.207. The highest BCUT2D eigenvalue weighted by molar-refractivity contribution is 5.46. The lowest BCUT2D eigenvalue weighted by molar-refractivity contribution is 0.586. The third kappa shape index (κ3) is 1.44. The van der Waals surface area contributed by atoms with E-state index in [1.54, 1.807) is 0 Å². The first-order chi connectivity index (χ1) is 6.07. The predicted octanol–water partition coefficient (Wildman–Crippen LogP) is 2.63. The zero-order valence-electron chi connectivity index (χ0n) is 8.28. The third-order valence-corrected chi connectivity index (χ3v) is 2.27. The first-order valence-corrected chi connectivity index (χ1v) is 4.49. The van der Waals surface area contributed by atoms with Crippen molar-refractivity contribution in [3.63, 3.8) is 0 Å². The molecular formula is C11H14N2. The Bertz CT molecular complexity index is 421. The molecule has 2 heteroatoms. The van der Waals surface area contributed by atoms with E-state index in [1.807, 2.05) is 12.5 Å². The largest absolute Gasteiger partial charge is 0.306 e. The van der Waals surface area contributed by atoms with Crippen molar-refractivity contribution in [2.45, 2.75) is 26.2 Å². The van der Waals surface area contributed by atoms with Gasteiger partial charge in [0.25, 0.3) is 0 Å². The van der Waals surface area contributed by atoms with Crippen molar-refractivity contribution >= 4 is 5.52 Å². The molecule has 0 unspecified atom stereocenters. The van der Waals surface area contributed by atoms with Gasteiger partial charge in [-0.1, -0.05) is 26.8 Å². The van der Waals surface area contributed by atoms with Crippen LogP contribution in [0, 0.1) is 0 Å². The molecule has 0 radical (unpaired) electrons. The van der Waals surface area contributed by atoms with E-state index in [2.05, 4.69) is 48.5 Å². The summed E-state index contributed by atoms with van der Waals surface area (Å²) < 4.78 is 2.06. The molecule has 0 N–H and O–H groups in total. The highest BCUT2D eigenvalue weighted by Crippen LogP contribution is 2.22. The Balaban J connectivity index is 2.61. The van der Waals surface area contributed by atoms with Gasteiger partial charge in [-0.15, -0.1) is 0 Å². The zero-order chi connectivity index (χ0) is 9.47. The van der Waals surface area contributed by atoms with Crippen molar-refractivity contribution in [2.24, 2.45) is 0 Å². The van der Waals surface area contributed by atoms with Gasteiger partial charge in [-0.05, 0) is 17.0 Å². The average molecular weight is 174 g/mol. The number of rotatable bonds is 0.